The fourth-order valence-electron chi connectivity index (χ4n) is 3.97. The Morgan fingerprint density at radius 2 is 2.06 bits per heavy atom. The predicted molar refractivity (Wildman–Crippen MR) is 131 cm³/mol. The maximum absolute atomic E-state index is 13.3. The van der Waals surface area contributed by atoms with E-state index in [0.717, 1.165) is 11.3 Å². The average molecular weight is 493 g/mol. The fraction of sp³-hybridized carbons (Fsp3) is 0.217. The van der Waals surface area contributed by atoms with E-state index in [1.807, 2.05) is 31.2 Å². The molecule has 5 rings (SSSR count). The molecule has 1 aliphatic rings. The summed E-state index contributed by atoms with van der Waals surface area (Å²) in [5.41, 5.74) is 2.31. The Hall–Kier alpha value is -4.19. The molecule has 0 spiro atoms. The van der Waals surface area contributed by atoms with Crippen LogP contribution in [-0.4, -0.2) is 43.0 Å². The minimum atomic E-state index is -0.540. The van der Waals surface area contributed by atoms with Crippen LogP contribution < -0.4 is 15.6 Å². The van der Waals surface area contributed by atoms with Gasteiger partial charge >= 0.3 is 0 Å². The number of nitro groups is 1. The number of anilines is 1. The summed E-state index contributed by atoms with van der Waals surface area (Å²) in [5, 5.41) is 19.0. The topological polar surface area (TPSA) is 134 Å². The highest BCUT2D eigenvalue weighted by molar-refractivity contribution is 7.99. The van der Waals surface area contributed by atoms with Gasteiger partial charge in [0.05, 0.1) is 41.7 Å². The van der Waals surface area contributed by atoms with Gasteiger partial charge in [0.15, 0.2) is 10.8 Å². The van der Waals surface area contributed by atoms with Gasteiger partial charge in [-0.1, -0.05) is 29.5 Å². The van der Waals surface area contributed by atoms with Crippen LogP contribution in [0.15, 0.2) is 58.6 Å². The van der Waals surface area contributed by atoms with Gasteiger partial charge < -0.3 is 10.1 Å². The van der Waals surface area contributed by atoms with E-state index in [4.69, 9.17) is 4.74 Å². The summed E-state index contributed by atoms with van der Waals surface area (Å²) in [7, 11) is 1.37. The summed E-state index contributed by atoms with van der Waals surface area (Å²) in [6, 6.07) is 11.3. The molecule has 1 unspecified atom stereocenters. The van der Waals surface area contributed by atoms with Crippen LogP contribution in [0.3, 0.4) is 0 Å². The SMILES string of the molecule is COc1cc([N+](=O)[O-])ccc1NC(=O)CC1CSc2nc3c(cnn3-c3ccc(C)cc3)c(=O)n21. The number of hydrogen-bond donors (Lipinski definition) is 1. The number of nitrogens with one attached hydrogen (secondary N) is 1. The summed E-state index contributed by atoms with van der Waals surface area (Å²) in [6.07, 6.45) is 1.53. The number of nitro benzene ring substituents is 1. The summed E-state index contributed by atoms with van der Waals surface area (Å²) in [5.74, 6) is 0.341. The number of methoxy groups -OCH3 is 1. The molecule has 1 aliphatic heterocycles. The zero-order chi connectivity index (χ0) is 24.7. The maximum atomic E-state index is 13.3. The number of nitrogens with zero attached hydrogens (tertiary/aromatic N) is 5. The highest BCUT2D eigenvalue weighted by atomic mass is 32.2. The molecule has 1 amide bonds. The van der Waals surface area contributed by atoms with Gasteiger partial charge in [-0.05, 0) is 25.1 Å². The van der Waals surface area contributed by atoms with E-state index in [2.05, 4.69) is 15.4 Å². The first kappa shape index (κ1) is 22.6. The second-order valence-electron chi connectivity index (χ2n) is 8.06. The van der Waals surface area contributed by atoms with Crippen LogP contribution in [0, 0.1) is 17.0 Å². The molecule has 1 atom stereocenters. The Morgan fingerprint density at radius 1 is 1.29 bits per heavy atom. The summed E-state index contributed by atoms with van der Waals surface area (Å²) < 4.78 is 8.36. The molecule has 0 saturated heterocycles. The third-order valence-electron chi connectivity index (χ3n) is 5.74. The van der Waals surface area contributed by atoms with Crippen molar-refractivity contribution in [3.63, 3.8) is 0 Å². The fourth-order valence-corrected chi connectivity index (χ4v) is 5.10. The summed E-state index contributed by atoms with van der Waals surface area (Å²) in [4.78, 5) is 41.2. The Kier molecular flexibility index (Phi) is 5.73. The summed E-state index contributed by atoms with van der Waals surface area (Å²) in [6.45, 7) is 1.99. The molecule has 0 bridgehead atoms. The lowest BCUT2D eigenvalue weighted by atomic mass is 10.2. The van der Waals surface area contributed by atoms with Crippen molar-refractivity contribution in [3.8, 4) is 11.4 Å². The number of fused-ring (bicyclic) bond motifs is 2. The van der Waals surface area contributed by atoms with E-state index in [-0.39, 0.29) is 29.3 Å². The quantitative estimate of drug-likeness (QED) is 0.246. The van der Waals surface area contributed by atoms with Gasteiger partial charge in [-0.3, -0.25) is 24.3 Å². The van der Waals surface area contributed by atoms with Gasteiger partial charge in [0.1, 0.15) is 11.1 Å². The van der Waals surface area contributed by atoms with Crippen molar-refractivity contribution in [2.24, 2.45) is 0 Å². The average Bonchev–Trinajstić information content (AvgIpc) is 3.44. The first-order valence-corrected chi connectivity index (χ1v) is 11.7. The van der Waals surface area contributed by atoms with Crippen LogP contribution in [0.5, 0.6) is 5.75 Å². The molecule has 11 nitrogen and oxygen atoms in total. The van der Waals surface area contributed by atoms with E-state index < -0.39 is 11.0 Å². The third-order valence-corrected chi connectivity index (χ3v) is 6.84. The molecule has 3 heterocycles. The van der Waals surface area contributed by atoms with Gasteiger partial charge in [0, 0.05) is 18.2 Å². The van der Waals surface area contributed by atoms with Crippen LogP contribution in [0.1, 0.15) is 18.0 Å². The van der Waals surface area contributed by atoms with E-state index in [1.165, 1.54) is 43.3 Å². The van der Waals surface area contributed by atoms with Crippen LogP contribution >= 0.6 is 11.8 Å². The molecular weight excluding hydrogens is 472 g/mol. The Balaban J connectivity index is 1.40. The molecule has 4 aromatic rings. The lowest BCUT2D eigenvalue weighted by molar-refractivity contribution is -0.384. The smallest absolute Gasteiger partial charge is 0.273 e. The number of carbonyl (C=O) groups excluding carboxylic acids is 1. The van der Waals surface area contributed by atoms with E-state index in [1.54, 1.807) is 9.25 Å². The number of rotatable bonds is 6. The zero-order valence-electron chi connectivity index (χ0n) is 18.8. The Labute approximate surface area is 202 Å². The first-order valence-electron chi connectivity index (χ1n) is 10.7. The molecule has 12 heteroatoms. The van der Waals surface area contributed by atoms with Crippen molar-refractivity contribution in [2.75, 3.05) is 18.2 Å². The van der Waals surface area contributed by atoms with E-state index in [9.17, 15) is 19.7 Å². The van der Waals surface area contributed by atoms with Gasteiger partial charge in [-0.25, -0.2) is 9.67 Å². The number of non-ortho nitro benzene ring substituents is 1. The molecule has 0 aliphatic carbocycles. The van der Waals surface area contributed by atoms with Crippen molar-refractivity contribution in [1.29, 1.82) is 0 Å². The number of ether oxygens (including phenoxy) is 1. The number of thioether (sulfide) groups is 1. The largest absolute Gasteiger partial charge is 0.494 e. The zero-order valence-corrected chi connectivity index (χ0v) is 19.6. The number of hydrogen-bond acceptors (Lipinski definition) is 8. The number of aryl methyl sites for hydroxylation is 1. The van der Waals surface area contributed by atoms with E-state index in [0.29, 0.717) is 27.6 Å². The van der Waals surface area contributed by atoms with Crippen molar-refractivity contribution in [2.45, 2.75) is 24.5 Å². The molecule has 0 saturated carbocycles. The standard InChI is InChI=1S/C23H20N6O5S/c1-13-3-5-14(6-4-13)28-21-17(11-24-28)22(31)27-16(12-35-23(27)26-21)10-20(30)25-18-8-7-15(29(32)33)9-19(18)34-2/h3-9,11,16H,10,12H2,1-2H3,(H,25,30). The highest BCUT2D eigenvalue weighted by Gasteiger charge is 2.30. The van der Waals surface area contributed by atoms with Gasteiger partial charge in [0.25, 0.3) is 11.2 Å². The molecule has 178 valence electrons. The molecule has 0 radical (unpaired) electrons. The van der Waals surface area contributed by atoms with Crippen LogP contribution in [0.25, 0.3) is 16.7 Å². The van der Waals surface area contributed by atoms with Crippen molar-refractivity contribution >= 4 is 40.1 Å². The monoisotopic (exact) mass is 492 g/mol. The van der Waals surface area contributed by atoms with Gasteiger partial charge in [-0.15, -0.1) is 0 Å². The second-order valence-corrected chi connectivity index (χ2v) is 9.04. The lowest BCUT2D eigenvalue weighted by Gasteiger charge is -2.14. The van der Waals surface area contributed by atoms with Crippen LogP contribution in [0.2, 0.25) is 0 Å². The lowest BCUT2D eigenvalue weighted by Crippen LogP contribution is -2.27. The molecule has 2 aromatic carbocycles. The minimum Gasteiger partial charge on any atom is -0.494 e. The molecule has 1 N–H and O–H groups in total. The summed E-state index contributed by atoms with van der Waals surface area (Å²) >= 11 is 1.41. The maximum Gasteiger partial charge on any atom is 0.273 e. The number of carbonyl (C=O) groups is 1. The normalized spacial score (nSPS) is 14.6. The van der Waals surface area contributed by atoms with Crippen molar-refractivity contribution in [1.82, 2.24) is 19.3 Å². The van der Waals surface area contributed by atoms with Crippen LogP contribution in [-0.2, 0) is 4.79 Å². The number of benzene rings is 2. The molecule has 2 aromatic heterocycles. The van der Waals surface area contributed by atoms with E-state index >= 15 is 0 Å². The number of amides is 1. The molecule has 35 heavy (non-hydrogen) atoms. The number of aromatic nitrogens is 4. The predicted octanol–water partition coefficient (Wildman–Crippen LogP) is 3.48. The highest BCUT2D eigenvalue weighted by Crippen LogP contribution is 2.34. The first-order chi connectivity index (χ1) is 16.9. The third kappa shape index (κ3) is 4.12. The minimum absolute atomic E-state index is 0.0271. The van der Waals surface area contributed by atoms with Crippen molar-refractivity contribution in [3.05, 3.63) is 74.7 Å². The second kappa shape index (κ2) is 8.87. The Bertz CT molecular complexity index is 1530. The van der Waals surface area contributed by atoms with Gasteiger partial charge in [0.2, 0.25) is 5.91 Å². The van der Waals surface area contributed by atoms with Crippen LogP contribution in [0.4, 0.5) is 11.4 Å². The molecular formula is C23H20N6O5S. The van der Waals surface area contributed by atoms with Gasteiger partial charge in [-0.2, -0.15) is 5.10 Å². The molecule has 0 fully saturated rings. The van der Waals surface area contributed by atoms with Crippen molar-refractivity contribution < 1.29 is 14.5 Å². The Morgan fingerprint density at radius 3 is 2.77 bits per heavy atom.